The van der Waals surface area contributed by atoms with E-state index in [1.165, 1.54) is 11.1 Å². The first-order valence-electron chi connectivity index (χ1n) is 10.0. The third-order valence-electron chi connectivity index (χ3n) is 5.49. The van der Waals surface area contributed by atoms with Crippen LogP contribution in [0.4, 0.5) is 5.69 Å². The Kier molecular flexibility index (Phi) is 7.12. The zero-order chi connectivity index (χ0) is 20.8. The number of aryl methyl sites for hydroxylation is 1. The Labute approximate surface area is 173 Å². The Hall–Kier alpha value is -2.57. The number of anilines is 1. The number of hydrogen-bond acceptors (Lipinski definition) is 5. The third-order valence-corrected chi connectivity index (χ3v) is 5.49. The fraction of sp³-hybridized carbons (Fsp3) is 0.435. The minimum Gasteiger partial charge on any atom is -0.497 e. The molecule has 0 bridgehead atoms. The first-order chi connectivity index (χ1) is 14.0. The van der Waals surface area contributed by atoms with Crippen molar-refractivity contribution in [2.45, 2.75) is 26.4 Å². The molecule has 2 aromatic carbocycles. The standard InChI is InChI=1S/C23H31N3O3/c1-17-6-5-7-19(14-17)16-25-10-12-26(13-11-25)18(2)23(27)24-21-9-8-20(28-3)15-22(21)29-4/h5-9,14-15,18H,10-13,16H2,1-4H3,(H,24,27). The molecular formula is C23H31N3O3. The van der Waals surface area contributed by atoms with Crippen molar-refractivity contribution in [2.75, 3.05) is 45.7 Å². The lowest BCUT2D eigenvalue weighted by atomic mass is 10.1. The highest BCUT2D eigenvalue weighted by molar-refractivity contribution is 5.96. The van der Waals surface area contributed by atoms with Crippen molar-refractivity contribution in [3.63, 3.8) is 0 Å². The molecule has 1 aliphatic rings. The van der Waals surface area contributed by atoms with Gasteiger partial charge in [0.1, 0.15) is 11.5 Å². The van der Waals surface area contributed by atoms with E-state index in [4.69, 9.17) is 9.47 Å². The van der Waals surface area contributed by atoms with Gasteiger partial charge in [0.05, 0.1) is 25.9 Å². The van der Waals surface area contributed by atoms with E-state index in [1.807, 2.05) is 19.1 Å². The average Bonchev–Trinajstić information content (AvgIpc) is 2.74. The maximum Gasteiger partial charge on any atom is 0.241 e. The van der Waals surface area contributed by atoms with Gasteiger partial charge < -0.3 is 14.8 Å². The molecule has 1 fully saturated rings. The van der Waals surface area contributed by atoms with Gasteiger partial charge >= 0.3 is 0 Å². The van der Waals surface area contributed by atoms with Crippen LogP contribution in [0.5, 0.6) is 11.5 Å². The van der Waals surface area contributed by atoms with Gasteiger partial charge in [-0.15, -0.1) is 0 Å². The predicted molar refractivity (Wildman–Crippen MR) is 116 cm³/mol. The van der Waals surface area contributed by atoms with E-state index in [-0.39, 0.29) is 11.9 Å². The summed E-state index contributed by atoms with van der Waals surface area (Å²) in [6.45, 7) is 8.70. The molecular weight excluding hydrogens is 366 g/mol. The highest BCUT2D eigenvalue weighted by Gasteiger charge is 2.26. The molecule has 1 unspecified atom stereocenters. The lowest BCUT2D eigenvalue weighted by Crippen LogP contribution is -2.52. The van der Waals surface area contributed by atoms with Gasteiger partial charge in [-0.05, 0) is 31.5 Å². The van der Waals surface area contributed by atoms with Crippen LogP contribution in [0.3, 0.4) is 0 Å². The van der Waals surface area contributed by atoms with E-state index in [2.05, 4.69) is 46.3 Å². The monoisotopic (exact) mass is 397 g/mol. The number of ether oxygens (including phenoxy) is 2. The van der Waals surface area contributed by atoms with Crippen LogP contribution in [0, 0.1) is 6.92 Å². The van der Waals surface area contributed by atoms with E-state index in [0.29, 0.717) is 17.2 Å². The SMILES string of the molecule is COc1ccc(NC(=O)C(C)N2CCN(Cc3cccc(C)c3)CC2)c(OC)c1. The highest BCUT2D eigenvalue weighted by atomic mass is 16.5. The Balaban J connectivity index is 1.53. The molecule has 156 valence electrons. The molecule has 0 aliphatic carbocycles. The summed E-state index contributed by atoms with van der Waals surface area (Å²) in [5.41, 5.74) is 3.29. The number of rotatable bonds is 7. The molecule has 1 saturated heterocycles. The van der Waals surface area contributed by atoms with Crippen LogP contribution in [0.2, 0.25) is 0 Å². The number of amides is 1. The molecule has 0 spiro atoms. The van der Waals surface area contributed by atoms with Crippen molar-refractivity contribution < 1.29 is 14.3 Å². The largest absolute Gasteiger partial charge is 0.497 e. The molecule has 2 aromatic rings. The van der Waals surface area contributed by atoms with Crippen molar-refractivity contribution in [1.82, 2.24) is 9.80 Å². The number of carbonyl (C=O) groups is 1. The smallest absolute Gasteiger partial charge is 0.241 e. The summed E-state index contributed by atoms with van der Waals surface area (Å²) < 4.78 is 10.6. The number of hydrogen-bond donors (Lipinski definition) is 1. The number of nitrogens with one attached hydrogen (secondary N) is 1. The van der Waals surface area contributed by atoms with E-state index in [9.17, 15) is 4.79 Å². The second-order valence-electron chi connectivity index (χ2n) is 7.53. The highest BCUT2D eigenvalue weighted by Crippen LogP contribution is 2.29. The molecule has 1 amide bonds. The third kappa shape index (κ3) is 5.49. The minimum atomic E-state index is -0.206. The lowest BCUT2D eigenvalue weighted by molar-refractivity contribution is -0.121. The van der Waals surface area contributed by atoms with Crippen LogP contribution in [-0.2, 0) is 11.3 Å². The Morgan fingerprint density at radius 2 is 1.83 bits per heavy atom. The summed E-state index contributed by atoms with van der Waals surface area (Å²) in [5.74, 6) is 1.26. The van der Waals surface area contributed by atoms with E-state index >= 15 is 0 Å². The predicted octanol–water partition coefficient (Wildman–Crippen LogP) is 3.16. The normalized spacial score (nSPS) is 16.3. The molecule has 0 radical (unpaired) electrons. The summed E-state index contributed by atoms with van der Waals surface area (Å²) in [5, 5.41) is 2.99. The van der Waals surface area contributed by atoms with Crippen LogP contribution in [0.25, 0.3) is 0 Å². The lowest BCUT2D eigenvalue weighted by Gasteiger charge is -2.37. The summed E-state index contributed by atoms with van der Waals surface area (Å²) in [6, 6.07) is 13.8. The Bertz CT molecular complexity index is 832. The number of nitrogens with zero attached hydrogens (tertiary/aromatic N) is 2. The van der Waals surface area contributed by atoms with Gasteiger partial charge in [0, 0.05) is 38.8 Å². The fourth-order valence-corrected chi connectivity index (χ4v) is 3.68. The van der Waals surface area contributed by atoms with E-state index in [0.717, 1.165) is 32.7 Å². The van der Waals surface area contributed by atoms with Gasteiger partial charge in [0.2, 0.25) is 5.91 Å². The zero-order valence-corrected chi connectivity index (χ0v) is 17.8. The molecule has 1 atom stereocenters. The Morgan fingerprint density at radius 1 is 1.07 bits per heavy atom. The number of carbonyl (C=O) groups excluding carboxylic acids is 1. The van der Waals surface area contributed by atoms with Crippen molar-refractivity contribution in [3.8, 4) is 11.5 Å². The van der Waals surface area contributed by atoms with Gasteiger partial charge in [0.25, 0.3) is 0 Å². The first kappa shape index (κ1) is 21.1. The van der Waals surface area contributed by atoms with Crippen LogP contribution in [0.15, 0.2) is 42.5 Å². The molecule has 0 saturated carbocycles. The Morgan fingerprint density at radius 3 is 2.48 bits per heavy atom. The maximum absolute atomic E-state index is 12.8. The molecule has 1 N–H and O–H groups in total. The molecule has 6 heteroatoms. The number of methoxy groups -OCH3 is 2. The van der Waals surface area contributed by atoms with E-state index in [1.54, 1.807) is 20.3 Å². The molecule has 29 heavy (non-hydrogen) atoms. The second-order valence-corrected chi connectivity index (χ2v) is 7.53. The van der Waals surface area contributed by atoms with Crippen molar-refractivity contribution in [1.29, 1.82) is 0 Å². The molecule has 0 aromatic heterocycles. The summed E-state index contributed by atoms with van der Waals surface area (Å²) in [4.78, 5) is 17.5. The van der Waals surface area contributed by atoms with Crippen LogP contribution < -0.4 is 14.8 Å². The summed E-state index contributed by atoms with van der Waals surface area (Å²) in [6.07, 6.45) is 0. The second kappa shape index (κ2) is 9.76. The maximum atomic E-state index is 12.8. The fourth-order valence-electron chi connectivity index (χ4n) is 3.68. The zero-order valence-electron chi connectivity index (χ0n) is 17.8. The van der Waals surface area contributed by atoms with Gasteiger partial charge in [-0.1, -0.05) is 29.8 Å². The molecule has 3 rings (SSSR count). The minimum absolute atomic E-state index is 0.0272. The van der Waals surface area contributed by atoms with Gasteiger partial charge in [-0.3, -0.25) is 14.6 Å². The topological polar surface area (TPSA) is 54.0 Å². The van der Waals surface area contributed by atoms with Gasteiger partial charge in [-0.25, -0.2) is 0 Å². The van der Waals surface area contributed by atoms with Gasteiger partial charge in [0.15, 0.2) is 0 Å². The number of benzene rings is 2. The first-order valence-corrected chi connectivity index (χ1v) is 10.0. The molecule has 6 nitrogen and oxygen atoms in total. The summed E-state index contributed by atoms with van der Waals surface area (Å²) >= 11 is 0. The van der Waals surface area contributed by atoms with Gasteiger partial charge in [-0.2, -0.15) is 0 Å². The van der Waals surface area contributed by atoms with Crippen LogP contribution in [-0.4, -0.2) is 62.1 Å². The van der Waals surface area contributed by atoms with Crippen molar-refractivity contribution in [2.24, 2.45) is 0 Å². The molecule has 1 heterocycles. The average molecular weight is 398 g/mol. The number of piperazine rings is 1. The quantitative estimate of drug-likeness (QED) is 0.778. The van der Waals surface area contributed by atoms with E-state index < -0.39 is 0 Å². The summed E-state index contributed by atoms with van der Waals surface area (Å²) in [7, 11) is 3.19. The van der Waals surface area contributed by atoms with Crippen molar-refractivity contribution >= 4 is 11.6 Å². The van der Waals surface area contributed by atoms with Crippen LogP contribution >= 0.6 is 0 Å². The van der Waals surface area contributed by atoms with Crippen molar-refractivity contribution in [3.05, 3.63) is 53.6 Å². The van der Waals surface area contributed by atoms with Crippen LogP contribution in [0.1, 0.15) is 18.1 Å². The molecule has 1 aliphatic heterocycles.